The number of thiophene rings is 1. The smallest absolute Gasteiger partial charge is 0.266 e. The average Bonchev–Trinajstić information content (AvgIpc) is 3.06. The topological polar surface area (TPSA) is 85.8 Å². The largest absolute Gasteiger partial charge is 0.348 e. The van der Waals surface area contributed by atoms with Gasteiger partial charge in [0.1, 0.15) is 11.6 Å². The third kappa shape index (κ3) is 3.92. The van der Waals surface area contributed by atoms with E-state index in [1.54, 1.807) is 25.2 Å². The van der Waals surface area contributed by atoms with E-state index in [0.717, 1.165) is 22.6 Å². The number of nitriles is 1. The number of aryl methyl sites for hydroxylation is 1. The van der Waals surface area contributed by atoms with Crippen molar-refractivity contribution < 1.29 is 4.79 Å². The second-order valence-electron chi connectivity index (χ2n) is 5.71. The van der Waals surface area contributed by atoms with Crippen LogP contribution in [0, 0.1) is 25.2 Å². The zero-order valence-electron chi connectivity index (χ0n) is 14.1. The Morgan fingerprint density at radius 3 is 2.79 bits per heavy atom. The number of aromatic nitrogens is 1. The average molecular weight is 343 g/mol. The maximum atomic E-state index is 12.3. The Morgan fingerprint density at radius 1 is 1.46 bits per heavy atom. The second kappa shape index (κ2) is 7.93. The summed E-state index contributed by atoms with van der Waals surface area (Å²) in [5.41, 5.74) is 2.00. The SMILES string of the molecule is CCC(NC(=O)CCc1c(C)[nH]c(=O)c(C#N)c1C)c1cccs1. The molecule has 0 aliphatic heterocycles. The molecule has 2 heterocycles. The lowest BCUT2D eigenvalue weighted by molar-refractivity contribution is -0.121. The van der Waals surface area contributed by atoms with Crippen LogP contribution in [0.3, 0.4) is 0 Å². The van der Waals surface area contributed by atoms with Gasteiger partial charge < -0.3 is 10.3 Å². The van der Waals surface area contributed by atoms with Crippen molar-refractivity contribution in [1.82, 2.24) is 10.3 Å². The van der Waals surface area contributed by atoms with Crippen LogP contribution in [0.25, 0.3) is 0 Å². The first kappa shape index (κ1) is 18.0. The molecule has 2 rings (SSSR count). The molecule has 2 aromatic heterocycles. The van der Waals surface area contributed by atoms with Gasteiger partial charge in [-0.1, -0.05) is 13.0 Å². The van der Waals surface area contributed by atoms with E-state index in [1.807, 2.05) is 30.5 Å². The predicted octanol–water partition coefficient (Wildman–Crippen LogP) is 3.13. The van der Waals surface area contributed by atoms with Gasteiger partial charge in [0.25, 0.3) is 5.56 Å². The van der Waals surface area contributed by atoms with Gasteiger partial charge in [-0.15, -0.1) is 11.3 Å². The Balaban J connectivity index is 2.07. The van der Waals surface area contributed by atoms with Crippen molar-refractivity contribution in [3.8, 4) is 6.07 Å². The fourth-order valence-electron chi connectivity index (χ4n) is 2.79. The highest BCUT2D eigenvalue weighted by Crippen LogP contribution is 2.22. The number of H-pyrrole nitrogens is 1. The molecular formula is C18H21N3O2S. The molecule has 1 unspecified atom stereocenters. The number of rotatable bonds is 6. The Kier molecular flexibility index (Phi) is 5.93. The quantitative estimate of drug-likeness (QED) is 0.845. The molecule has 0 aliphatic rings. The minimum absolute atomic E-state index is 0.0289. The molecule has 0 bridgehead atoms. The summed E-state index contributed by atoms with van der Waals surface area (Å²) in [7, 11) is 0. The van der Waals surface area contributed by atoms with Gasteiger partial charge in [-0.3, -0.25) is 9.59 Å². The zero-order valence-corrected chi connectivity index (χ0v) is 14.9. The van der Waals surface area contributed by atoms with Gasteiger partial charge in [0.15, 0.2) is 0 Å². The van der Waals surface area contributed by atoms with E-state index in [1.165, 1.54) is 0 Å². The van der Waals surface area contributed by atoms with E-state index < -0.39 is 0 Å². The van der Waals surface area contributed by atoms with Crippen LogP contribution in [0.2, 0.25) is 0 Å². The molecule has 0 saturated carbocycles. The van der Waals surface area contributed by atoms with Crippen molar-refractivity contribution in [2.24, 2.45) is 0 Å². The summed E-state index contributed by atoms with van der Waals surface area (Å²) in [4.78, 5) is 27.9. The number of hydrogen-bond acceptors (Lipinski definition) is 4. The molecule has 0 radical (unpaired) electrons. The molecular weight excluding hydrogens is 322 g/mol. The molecule has 2 N–H and O–H groups in total. The molecule has 2 aromatic rings. The molecule has 1 atom stereocenters. The molecule has 5 nitrogen and oxygen atoms in total. The Morgan fingerprint density at radius 2 is 2.21 bits per heavy atom. The van der Waals surface area contributed by atoms with Crippen molar-refractivity contribution >= 4 is 17.2 Å². The number of carbonyl (C=O) groups is 1. The lowest BCUT2D eigenvalue weighted by Gasteiger charge is -2.16. The molecule has 0 aliphatic carbocycles. The van der Waals surface area contributed by atoms with Gasteiger partial charge in [-0.05, 0) is 49.3 Å². The zero-order chi connectivity index (χ0) is 17.7. The maximum absolute atomic E-state index is 12.3. The summed E-state index contributed by atoms with van der Waals surface area (Å²) in [6.45, 7) is 5.60. The van der Waals surface area contributed by atoms with E-state index in [4.69, 9.17) is 5.26 Å². The van der Waals surface area contributed by atoms with Crippen LogP contribution in [0.15, 0.2) is 22.3 Å². The fraction of sp³-hybridized carbons (Fsp3) is 0.389. The number of pyridine rings is 1. The van der Waals surface area contributed by atoms with Gasteiger partial charge in [-0.2, -0.15) is 5.26 Å². The minimum Gasteiger partial charge on any atom is -0.348 e. The van der Waals surface area contributed by atoms with Crippen LogP contribution in [0.1, 0.15) is 53.1 Å². The summed E-state index contributed by atoms with van der Waals surface area (Å²) in [5.74, 6) is -0.0289. The molecule has 0 saturated heterocycles. The van der Waals surface area contributed by atoms with Crippen LogP contribution in [-0.2, 0) is 11.2 Å². The van der Waals surface area contributed by atoms with Crippen molar-refractivity contribution in [3.63, 3.8) is 0 Å². The van der Waals surface area contributed by atoms with Crippen LogP contribution in [-0.4, -0.2) is 10.9 Å². The summed E-state index contributed by atoms with van der Waals surface area (Å²) in [5, 5.41) is 14.2. The first-order chi connectivity index (χ1) is 11.5. The summed E-state index contributed by atoms with van der Waals surface area (Å²) in [6, 6.07) is 5.97. The van der Waals surface area contributed by atoms with Gasteiger partial charge in [0.2, 0.25) is 5.91 Å². The lowest BCUT2D eigenvalue weighted by Crippen LogP contribution is -2.28. The molecule has 0 aromatic carbocycles. The normalized spacial score (nSPS) is 11.8. The molecule has 1 amide bonds. The van der Waals surface area contributed by atoms with Crippen molar-refractivity contribution in [1.29, 1.82) is 5.26 Å². The standard InChI is InChI=1S/C18H21N3O2S/c1-4-15(16-6-5-9-24-16)21-17(22)8-7-13-11(2)14(10-19)18(23)20-12(13)3/h5-6,9,15H,4,7-8H2,1-3H3,(H,20,23)(H,21,22). The number of nitrogens with zero attached hydrogens (tertiary/aromatic N) is 1. The molecule has 0 spiro atoms. The highest BCUT2D eigenvalue weighted by molar-refractivity contribution is 7.10. The van der Waals surface area contributed by atoms with E-state index in [-0.39, 0.29) is 23.1 Å². The maximum Gasteiger partial charge on any atom is 0.266 e. The Hall–Kier alpha value is -2.39. The van der Waals surface area contributed by atoms with E-state index in [2.05, 4.69) is 10.3 Å². The predicted molar refractivity (Wildman–Crippen MR) is 95.1 cm³/mol. The van der Waals surface area contributed by atoms with Gasteiger partial charge >= 0.3 is 0 Å². The number of hydrogen-bond donors (Lipinski definition) is 2. The second-order valence-corrected chi connectivity index (χ2v) is 6.69. The number of carbonyl (C=O) groups excluding carboxylic acids is 1. The van der Waals surface area contributed by atoms with Gasteiger partial charge in [-0.25, -0.2) is 0 Å². The van der Waals surface area contributed by atoms with Crippen LogP contribution < -0.4 is 10.9 Å². The molecule has 24 heavy (non-hydrogen) atoms. The lowest BCUT2D eigenvalue weighted by atomic mass is 9.99. The van der Waals surface area contributed by atoms with Gasteiger partial charge in [0.05, 0.1) is 6.04 Å². The summed E-state index contributed by atoms with van der Waals surface area (Å²) >= 11 is 1.63. The first-order valence-corrected chi connectivity index (χ1v) is 8.81. The van der Waals surface area contributed by atoms with Crippen LogP contribution in [0.4, 0.5) is 0 Å². The molecule has 6 heteroatoms. The number of nitrogens with one attached hydrogen (secondary N) is 2. The number of amides is 1. The van der Waals surface area contributed by atoms with Crippen molar-refractivity contribution in [3.05, 3.63) is 55.1 Å². The highest BCUT2D eigenvalue weighted by Gasteiger charge is 2.16. The number of aromatic amines is 1. The molecule has 0 fully saturated rings. The Bertz CT molecular complexity index is 816. The van der Waals surface area contributed by atoms with E-state index >= 15 is 0 Å². The monoisotopic (exact) mass is 343 g/mol. The fourth-order valence-corrected chi connectivity index (χ4v) is 3.65. The Labute approximate surface area is 145 Å². The third-order valence-corrected chi connectivity index (χ3v) is 5.14. The third-order valence-electron chi connectivity index (χ3n) is 4.15. The van der Waals surface area contributed by atoms with E-state index in [0.29, 0.717) is 18.4 Å². The van der Waals surface area contributed by atoms with Crippen molar-refractivity contribution in [2.75, 3.05) is 0 Å². The minimum atomic E-state index is -0.371. The van der Waals surface area contributed by atoms with Crippen molar-refractivity contribution in [2.45, 2.75) is 46.1 Å². The van der Waals surface area contributed by atoms with E-state index in [9.17, 15) is 9.59 Å². The highest BCUT2D eigenvalue weighted by atomic mass is 32.1. The van der Waals surface area contributed by atoms with Crippen LogP contribution in [0.5, 0.6) is 0 Å². The first-order valence-electron chi connectivity index (χ1n) is 7.93. The summed E-state index contributed by atoms with van der Waals surface area (Å²) < 4.78 is 0. The van der Waals surface area contributed by atoms with Gasteiger partial charge in [0, 0.05) is 17.0 Å². The summed E-state index contributed by atoms with van der Waals surface area (Å²) in [6.07, 6.45) is 1.65. The molecule has 126 valence electrons. The van der Waals surface area contributed by atoms with Crippen LogP contribution >= 0.6 is 11.3 Å².